The average molecular weight is 1740 g/mol. The van der Waals surface area contributed by atoms with Crippen LogP contribution in [0.3, 0.4) is 0 Å². The number of carbonyl (C=O) groups is 6. The largest absolute Gasteiger partial charge is 2.00 e. The number of aromatic nitrogens is 9. The second-order valence-electron chi connectivity index (χ2n) is 30.6. The van der Waals surface area contributed by atoms with Crippen LogP contribution in [0.2, 0.25) is 10.2 Å². The zero-order chi connectivity index (χ0) is 84.6. The number of halogens is 6. The number of likely N-dealkylation sites (tertiary alicyclic amines) is 3. The summed E-state index contributed by atoms with van der Waals surface area (Å²) in [5.74, 6) is -2.28. The van der Waals surface area contributed by atoms with Crippen molar-refractivity contribution < 1.29 is 75.6 Å². The van der Waals surface area contributed by atoms with Gasteiger partial charge in [0.1, 0.15) is 81.4 Å². The molecule has 2 N–H and O–H groups in total. The molecule has 606 valence electrons. The third-order valence-corrected chi connectivity index (χ3v) is 19.5. The fourth-order valence-corrected chi connectivity index (χ4v) is 14.0. The molecule has 12 rings (SSSR count). The van der Waals surface area contributed by atoms with E-state index in [0.29, 0.717) is 118 Å². The number of nitriles is 1. The fraction of sp³-hybridized carbons (Fsp3) is 0.438. The molecule has 0 spiro atoms. The monoisotopic (exact) mass is 1730 g/mol. The van der Waals surface area contributed by atoms with Gasteiger partial charge in [0.25, 0.3) is 17.7 Å². The smallest absolute Gasteiger partial charge is 0.512 e. The summed E-state index contributed by atoms with van der Waals surface area (Å²) >= 11 is 16.1. The first kappa shape index (κ1) is 93.3. The summed E-state index contributed by atoms with van der Waals surface area (Å²) < 4.78 is 66.1. The van der Waals surface area contributed by atoms with E-state index in [0.717, 1.165) is 52.9 Å². The fourth-order valence-electron chi connectivity index (χ4n) is 12.8. The number of piperidine rings is 3. The molecule has 6 amide bonds. The zero-order valence-corrected chi connectivity index (χ0v) is 73.1. The van der Waals surface area contributed by atoms with Gasteiger partial charge in [-0.05, 0) is 170 Å². The SMILES string of the molecule is CC(C)(C)OC(=O)N1CCC(n2cc(Cl)c3c(Cl)ncnc32)CC1.CN(C)C(=O)c1ccc(Cc2ncnc3c2c(Br)cn3C2CCN(C(=O)OC(C)(C)C)CC2)c(F)c1.CN(C)C(=O)c1ccc(Cc2ncnc3c2c(C#N)cn3C2CCN(C(=O)OC(C)(C)C)CC2)c(F)c1.CN(C)C(=O)c1ccc(N)c(F)c1.[C-]#N.[C-]#N.[Zn+2]. The van der Waals surface area contributed by atoms with Gasteiger partial charge in [0.2, 0.25) is 0 Å². The summed E-state index contributed by atoms with van der Waals surface area (Å²) in [4.78, 5) is 108. The number of carbonyl (C=O) groups excluding carboxylic acids is 6. The van der Waals surface area contributed by atoms with Crippen LogP contribution in [0.5, 0.6) is 0 Å². The Balaban J connectivity index is 0.000000246. The Morgan fingerprint density at radius 2 is 0.826 bits per heavy atom. The van der Waals surface area contributed by atoms with Crippen molar-refractivity contribution in [1.82, 2.24) is 73.0 Å². The van der Waals surface area contributed by atoms with Crippen LogP contribution in [0.1, 0.15) is 178 Å². The van der Waals surface area contributed by atoms with E-state index in [1.807, 2.05) is 83.8 Å². The number of fused-ring (bicyclic) bond motifs is 3. The van der Waals surface area contributed by atoms with Crippen LogP contribution in [-0.2, 0) is 46.5 Å². The molecule has 3 fully saturated rings. The van der Waals surface area contributed by atoms with Gasteiger partial charge in [0.05, 0.1) is 43.8 Å². The topological polar surface area (TPSA) is 339 Å². The van der Waals surface area contributed by atoms with Crippen molar-refractivity contribution in [3.8, 4) is 6.07 Å². The molecule has 0 aliphatic carbocycles. The van der Waals surface area contributed by atoms with Crippen LogP contribution < -0.4 is 5.73 Å². The minimum atomic E-state index is -0.562. The molecular weight excluding hydrogens is 1640 g/mol. The predicted octanol–water partition coefficient (Wildman–Crippen LogP) is 15.1. The molecule has 3 aliphatic heterocycles. The van der Waals surface area contributed by atoms with Crippen LogP contribution in [-0.4, -0.2) is 207 Å². The van der Waals surface area contributed by atoms with Gasteiger partial charge in [-0.2, -0.15) is 5.26 Å². The van der Waals surface area contributed by atoms with Crippen LogP contribution in [0.15, 0.2) is 96.6 Å². The maximum Gasteiger partial charge on any atom is 2.00 e. The summed E-state index contributed by atoms with van der Waals surface area (Å²) in [7, 11) is 9.71. The number of anilines is 1. The van der Waals surface area contributed by atoms with Crippen molar-refractivity contribution in [2.75, 3.05) is 87.3 Å². The summed E-state index contributed by atoms with van der Waals surface area (Å²) in [6.45, 7) is 29.7. The third kappa shape index (κ3) is 24.3. The number of rotatable bonds is 10. The van der Waals surface area contributed by atoms with Crippen molar-refractivity contribution in [1.29, 1.82) is 15.8 Å². The molecular formula is C80H93BrCl2F3N19O9Zn. The quantitative estimate of drug-likeness (QED) is 0.0437. The Morgan fingerprint density at radius 3 is 1.17 bits per heavy atom. The summed E-state index contributed by atoms with van der Waals surface area (Å²) in [5, 5.41) is 25.4. The van der Waals surface area contributed by atoms with Crippen LogP contribution >= 0.6 is 39.1 Å². The van der Waals surface area contributed by atoms with E-state index >= 15 is 0 Å². The second kappa shape index (κ2) is 40.7. The van der Waals surface area contributed by atoms with Gasteiger partial charge in [-0.15, -0.1) is 0 Å². The van der Waals surface area contributed by atoms with Gasteiger partial charge in [-0.3, -0.25) is 14.4 Å². The summed E-state index contributed by atoms with van der Waals surface area (Å²) in [6.07, 6.45) is 14.0. The molecule has 6 aromatic heterocycles. The minimum Gasteiger partial charge on any atom is -0.512 e. The van der Waals surface area contributed by atoms with Crippen molar-refractivity contribution in [3.05, 3.63) is 182 Å². The third-order valence-electron chi connectivity index (χ3n) is 18.3. The Bertz CT molecular complexity index is 5040. The number of amides is 6. The number of nitrogens with two attached hydrogens (primary N) is 1. The van der Waals surface area contributed by atoms with Crippen molar-refractivity contribution in [2.45, 2.75) is 149 Å². The Kier molecular flexibility index (Phi) is 33.0. The Morgan fingerprint density at radius 1 is 0.504 bits per heavy atom. The number of nitrogens with zero attached hydrogens (tertiary/aromatic N) is 18. The molecule has 9 heterocycles. The Hall–Kier alpha value is -10.5. The van der Waals surface area contributed by atoms with Gasteiger partial charge < -0.3 is 86.7 Å². The first-order valence-electron chi connectivity index (χ1n) is 36.3. The van der Waals surface area contributed by atoms with Crippen LogP contribution in [0, 0.1) is 52.5 Å². The molecule has 35 heteroatoms. The first-order chi connectivity index (χ1) is 53.7. The van der Waals surface area contributed by atoms with Gasteiger partial charge in [-0.25, -0.2) is 57.5 Å². The van der Waals surface area contributed by atoms with E-state index in [-0.39, 0.29) is 97.7 Å². The average Bonchev–Trinajstić information content (AvgIpc) is 1.63. The van der Waals surface area contributed by atoms with Crippen LogP contribution in [0.25, 0.3) is 33.1 Å². The molecule has 9 aromatic rings. The number of ether oxygens (including phenoxy) is 3. The molecule has 3 aromatic carbocycles. The Labute approximate surface area is 698 Å². The first-order valence-corrected chi connectivity index (χ1v) is 37.8. The number of hydrogen-bond acceptors (Lipinski definition) is 19. The predicted molar refractivity (Wildman–Crippen MR) is 426 cm³/mol. The van der Waals surface area contributed by atoms with E-state index in [9.17, 15) is 47.2 Å². The standard InChI is InChI=1S/C27H31FN6O3.C26H31BrFN5O3.C16H20Cl2N4O2.C9H11FN2O.2CN.Zn/c1-27(2,3)37-26(36)33-10-8-20(9-11-33)34-15-19(14-29)23-22(30-16-31-24(23)34)13-17-6-7-18(12-21(17)28)25(35)32(4)5;1-26(2,3)36-25(35)32-10-8-18(9-11-32)33-14-19(27)22-21(29-15-30-23(22)33)13-16-6-7-17(12-20(16)28)24(34)31(4)5;1-16(2,3)24-15(23)21-6-4-10(5-7-21)22-8-11(17)12-13(18)19-9-20-14(12)22;1-12(2)9(13)6-3-4-8(11)7(10)5-6;2*1-2;/h6-7,12,15-16,20H,8-11,13H2,1-5H3;6-7,12,14-15,18H,8-11,13H2,1-5H3;8-10H,4-7H2,1-3H3;3-5H,11H2,1-2H3;;;/q;;;;2*-1;+2. The normalized spacial score (nSPS) is 13.9. The zero-order valence-electron chi connectivity index (χ0n) is 67.1. The molecule has 0 bridgehead atoms. The molecule has 28 nitrogen and oxygen atoms in total. The molecule has 0 radical (unpaired) electrons. The number of hydrogen-bond donors (Lipinski definition) is 1. The molecule has 115 heavy (non-hydrogen) atoms. The van der Waals surface area contributed by atoms with Gasteiger partial charge in [0.15, 0.2) is 0 Å². The van der Waals surface area contributed by atoms with Gasteiger partial charge in [0, 0.05) is 152 Å². The maximum atomic E-state index is 14.9. The van der Waals surface area contributed by atoms with Crippen molar-refractivity contribution >= 4 is 114 Å². The van der Waals surface area contributed by atoms with E-state index < -0.39 is 34.3 Å². The molecule has 3 saturated heterocycles. The summed E-state index contributed by atoms with van der Waals surface area (Å²) in [6, 6.07) is 15.6. The molecule has 0 atom stereocenters. The van der Waals surface area contributed by atoms with Gasteiger partial charge >= 0.3 is 37.8 Å². The number of nitrogen functional groups attached to an aromatic ring is 1. The molecule has 0 saturated carbocycles. The minimum absolute atomic E-state index is 0. The van der Waals surface area contributed by atoms with E-state index in [1.54, 1.807) is 87.4 Å². The van der Waals surface area contributed by atoms with Crippen molar-refractivity contribution in [3.63, 3.8) is 0 Å². The van der Waals surface area contributed by atoms with E-state index in [4.69, 9.17) is 66.8 Å². The van der Waals surface area contributed by atoms with Crippen molar-refractivity contribution in [2.24, 2.45) is 0 Å². The molecule has 0 unspecified atom stereocenters. The van der Waals surface area contributed by atoms with E-state index in [1.165, 1.54) is 57.9 Å². The summed E-state index contributed by atoms with van der Waals surface area (Å²) in [5.41, 5.74) is 9.22. The number of benzene rings is 3. The molecule has 3 aliphatic rings. The van der Waals surface area contributed by atoms with E-state index in [2.05, 4.69) is 56.5 Å². The van der Waals surface area contributed by atoms with Gasteiger partial charge in [-0.1, -0.05) is 35.3 Å². The second-order valence-corrected chi connectivity index (χ2v) is 32.2. The van der Waals surface area contributed by atoms with Crippen LogP contribution in [0.4, 0.5) is 33.2 Å². The maximum absolute atomic E-state index is 14.9.